The number of aliphatic hydroxyl groups excluding tert-OH is 1. The Bertz CT molecular complexity index is 445. The molecule has 2 rings (SSSR count). The van der Waals surface area contributed by atoms with Crippen molar-refractivity contribution < 1.29 is 14.6 Å². The Labute approximate surface area is 107 Å². The van der Waals surface area contributed by atoms with Gasteiger partial charge in [0.25, 0.3) is 0 Å². The number of carbonyl (C=O) groups is 1. The van der Waals surface area contributed by atoms with E-state index >= 15 is 0 Å². The SMILES string of the molecule is CCC(=O)N[C@@H]1CCc2ccc(OC)cc2[C@H]1O. The second-order valence-electron chi connectivity index (χ2n) is 4.58. The van der Waals surface area contributed by atoms with E-state index in [9.17, 15) is 9.90 Å². The van der Waals surface area contributed by atoms with E-state index in [-0.39, 0.29) is 11.9 Å². The average molecular weight is 249 g/mol. The summed E-state index contributed by atoms with van der Waals surface area (Å²) in [5, 5.41) is 13.2. The maximum atomic E-state index is 11.4. The summed E-state index contributed by atoms with van der Waals surface area (Å²) < 4.78 is 5.17. The van der Waals surface area contributed by atoms with Crippen molar-refractivity contribution in [3.8, 4) is 5.75 Å². The molecule has 0 radical (unpaired) electrons. The molecule has 1 amide bonds. The third-order valence-corrected chi connectivity index (χ3v) is 3.44. The van der Waals surface area contributed by atoms with E-state index in [0.717, 1.165) is 29.7 Å². The fourth-order valence-electron chi connectivity index (χ4n) is 2.35. The number of benzene rings is 1. The lowest BCUT2D eigenvalue weighted by molar-refractivity contribution is -0.122. The number of carbonyl (C=O) groups excluding carboxylic acids is 1. The number of aryl methyl sites for hydroxylation is 1. The van der Waals surface area contributed by atoms with Crippen LogP contribution in [0.5, 0.6) is 5.75 Å². The van der Waals surface area contributed by atoms with Crippen LogP contribution in [-0.4, -0.2) is 24.2 Å². The molecule has 0 saturated heterocycles. The third-order valence-electron chi connectivity index (χ3n) is 3.44. The highest BCUT2D eigenvalue weighted by atomic mass is 16.5. The van der Waals surface area contributed by atoms with E-state index < -0.39 is 6.10 Å². The zero-order chi connectivity index (χ0) is 13.1. The van der Waals surface area contributed by atoms with Crippen LogP contribution in [0, 0.1) is 0 Å². The third kappa shape index (κ3) is 2.48. The number of aliphatic hydroxyl groups is 1. The molecule has 98 valence electrons. The molecule has 1 aromatic rings. The fraction of sp³-hybridized carbons (Fsp3) is 0.500. The molecule has 0 spiro atoms. The number of hydrogen-bond acceptors (Lipinski definition) is 3. The highest BCUT2D eigenvalue weighted by Crippen LogP contribution is 2.32. The molecule has 0 saturated carbocycles. The molecule has 4 nitrogen and oxygen atoms in total. The van der Waals surface area contributed by atoms with E-state index in [0.29, 0.717) is 6.42 Å². The topological polar surface area (TPSA) is 58.6 Å². The van der Waals surface area contributed by atoms with Gasteiger partial charge >= 0.3 is 0 Å². The number of rotatable bonds is 3. The minimum Gasteiger partial charge on any atom is -0.497 e. The lowest BCUT2D eigenvalue weighted by Crippen LogP contribution is -2.41. The van der Waals surface area contributed by atoms with Crippen LogP contribution in [0.2, 0.25) is 0 Å². The lowest BCUT2D eigenvalue weighted by Gasteiger charge is -2.31. The Hall–Kier alpha value is -1.55. The molecular weight excluding hydrogens is 230 g/mol. The van der Waals surface area contributed by atoms with Crippen LogP contribution in [0.3, 0.4) is 0 Å². The van der Waals surface area contributed by atoms with Gasteiger partial charge in [0.2, 0.25) is 5.91 Å². The summed E-state index contributed by atoms with van der Waals surface area (Å²) in [4.78, 5) is 11.4. The number of amides is 1. The first-order valence-electron chi connectivity index (χ1n) is 6.30. The van der Waals surface area contributed by atoms with Crippen LogP contribution < -0.4 is 10.1 Å². The van der Waals surface area contributed by atoms with E-state index in [1.165, 1.54) is 0 Å². The predicted octanol–water partition coefficient (Wildman–Crippen LogP) is 1.57. The Kier molecular flexibility index (Phi) is 3.87. The van der Waals surface area contributed by atoms with E-state index in [1.807, 2.05) is 25.1 Å². The summed E-state index contributed by atoms with van der Waals surface area (Å²) in [6, 6.07) is 5.53. The number of hydrogen-bond donors (Lipinski definition) is 2. The molecule has 0 heterocycles. The van der Waals surface area contributed by atoms with E-state index in [1.54, 1.807) is 7.11 Å². The summed E-state index contributed by atoms with van der Waals surface area (Å²) in [5.41, 5.74) is 1.99. The summed E-state index contributed by atoms with van der Waals surface area (Å²) >= 11 is 0. The van der Waals surface area contributed by atoms with E-state index in [4.69, 9.17) is 4.74 Å². The summed E-state index contributed by atoms with van der Waals surface area (Å²) in [6.45, 7) is 1.81. The van der Waals surface area contributed by atoms with Crippen LogP contribution in [0.15, 0.2) is 18.2 Å². The smallest absolute Gasteiger partial charge is 0.220 e. The van der Waals surface area contributed by atoms with Crippen molar-refractivity contribution in [3.63, 3.8) is 0 Å². The molecule has 18 heavy (non-hydrogen) atoms. The molecule has 0 unspecified atom stereocenters. The Morgan fingerprint density at radius 1 is 1.56 bits per heavy atom. The van der Waals surface area contributed by atoms with Gasteiger partial charge in [-0.2, -0.15) is 0 Å². The molecule has 1 aromatic carbocycles. The van der Waals surface area contributed by atoms with Crippen molar-refractivity contribution in [1.82, 2.24) is 5.32 Å². The van der Waals surface area contributed by atoms with Gasteiger partial charge < -0.3 is 15.2 Å². The van der Waals surface area contributed by atoms with Gasteiger partial charge in [0.05, 0.1) is 19.3 Å². The van der Waals surface area contributed by atoms with Crippen LogP contribution in [0.25, 0.3) is 0 Å². The zero-order valence-corrected chi connectivity index (χ0v) is 10.8. The number of ether oxygens (including phenoxy) is 1. The summed E-state index contributed by atoms with van der Waals surface area (Å²) in [7, 11) is 1.60. The van der Waals surface area contributed by atoms with E-state index in [2.05, 4.69) is 5.32 Å². The van der Waals surface area contributed by atoms with Crippen LogP contribution in [0.1, 0.15) is 37.0 Å². The maximum absolute atomic E-state index is 11.4. The summed E-state index contributed by atoms with van der Waals surface area (Å²) in [6.07, 6.45) is 1.42. The highest BCUT2D eigenvalue weighted by molar-refractivity contribution is 5.76. The minimum atomic E-state index is -0.653. The number of methoxy groups -OCH3 is 1. The largest absolute Gasteiger partial charge is 0.497 e. The maximum Gasteiger partial charge on any atom is 0.220 e. The van der Waals surface area contributed by atoms with Crippen molar-refractivity contribution in [3.05, 3.63) is 29.3 Å². The van der Waals surface area contributed by atoms with Crippen LogP contribution in [0.4, 0.5) is 0 Å². The molecular formula is C14H19NO3. The monoisotopic (exact) mass is 249 g/mol. The molecule has 0 aliphatic heterocycles. The average Bonchev–Trinajstić information content (AvgIpc) is 2.41. The molecule has 2 N–H and O–H groups in total. The van der Waals surface area contributed by atoms with Gasteiger partial charge in [-0.3, -0.25) is 4.79 Å². The van der Waals surface area contributed by atoms with Gasteiger partial charge in [0, 0.05) is 6.42 Å². The predicted molar refractivity (Wildman–Crippen MR) is 68.5 cm³/mol. The second kappa shape index (κ2) is 5.40. The first-order valence-corrected chi connectivity index (χ1v) is 6.30. The first-order chi connectivity index (χ1) is 8.65. The highest BCUT2D eigenvalue weighted by Gasteiger charge is 2.29. The van der Waals surface area contributed by atoms with Crippen molar-refractivity contribution in [2.75, 3.05) is 7.11 Å². The van der Waals surface area contributed by atoms with Gasteiger partial charge in [0.15, 0.2) is 0 Å². The normalized spacial score (nSPS) is 22.2. The molecule has 0 fully saturated rings. The number of nitrogens with one attached hydrogen (secondary N) is 1. The van der Waals surface area contributed by atoms with Crippen LogP contribution in [-0.2, 0) is 11.2 Å². The minimum absolute atomic E-state index is 0.0228. The van der Waals surface area contributed by atoms with Gasteiger partial charge in [-0.25, -0.2) is 0 Å². The molecule has 0 aromatic heterocycles. The fourth-order valence-corrected chi connectivity index (χ4v) is 2.35. The van der Waals surface area contributed by atoms with Gasteiger partial charge in [-0.05, 0) is 36.1 Å². The number of fused-ring (bicyclic) bond motifs is 1. The van der Waals surface area contributed by atoms with Gasteiger partial charge in [-0.1, -0.05) is 13.0 Å². The quantitative estimate of drug-likeness (QED) is 0.855. The van der Waals surface area contributed by atoms with Crippen molar-refractivity contribution in [2.24, 2.45) is 0 Å². The molecule has 1 aliphatic rings. The van der Waals surface area contributed by atoms with Crippen LogP contribution >= 0.6 is 0 Å². The van der Waals surface area contributed by atoms with Gasteiger partial charge in [0.1, 0.15) is 5.75 Å². The molecule has 0 bridgehead atoms. The standard InChI is InChI=1S/C14H19NO3/c1-3-13(16)15-12-7-5-9-4-6-10(18-2)8-11(9)14(12)17/h4,6,8,12,14,17H,3,5,7H2,1-2H3,(H,15,16)/t12-,14-/m1/s1. The molecule has 2 atom stereocenters. The van der Waals surface area contributed by atoms with Crippen molar-refractivity contribution >= 4 is 5.91 Å². The lowest BCUT2D eigenvalue weighted by atomic mass is 9.85. The molecule has 1 aliphatic carbocycles. The second-order valence-corrected chi connectivity index (χ2v) is 4.58. The Morgan fingerprint density at radius 2 is 2.33 bits per heavy atom. The zero-order valence-electron chi connectivity index (χ0n) is 10.8. The Morgan fingerprint density at radius 3 is 3.00 bits per heavy atom. The summed E-state index contributed by atoms with van der Waals surface area (Å²) in [5.74, 6) is 0.709. The van der Waals surface area contributed by atoms with Crippen molar-refractivity contribution in [2.45, 2.75) is 38.3 Å². The van der Waals surface area contributed by atoms with Gasteiger partial charge in [-0.15, -0.1) is 0 Å². The van der Waals surface area contributed by atoms with Crippen molar-refractivity contribution in [1.29, 1.82) is 0 Å². The Balaban J connectivity index is 2.20. The first kappa shape index (κ1) is 12.9. The molecule has 4 heteroatoms.